The van der Waals surface area contributed by atoms with Crippen molar-refractivity contribution in [1.82, 2.24) is 19.3 Å². The number of hydrogen-bond acceptors (Lipinski definition) is 3. The zero-order valence-electron chi connectivity index (χ0n) is 17.3. The number of benzene rings is 3. The van der Waals surface area contributed by atoms with Crippen molar-refractivity contribution in [2.24, 2.45) is 14.1 Å². The third-order valence-corrected chi connectivity index (χ3v) is 5.96. The van der Waals surface area contributed by atoms with Crippen molar-refractivity contribution in [3.8, 4) is 28.4 Å². The third kappa shape index (κ3) is 2.77. The molecule has 0 bridgehead atoms. The van der Waals surface area contributed by atoms with Gasteiger partial charge in [0.2, 0.25) is 0 Å². The van der Waals surface area contributed by atoms with Crippen LogP contribution >= 0.6 is 11.6 Å². The normalized spacial score (nSPS) is 11.5. The summed E-state index contributed by atoms with van der Waals surface area (Å²) in [5.74, 6) is 1.54. The topological polar surface area (TPSA) is 44.9 Å². The Hall–Kier alpha value is -3.31. The van der Waals surface area contributed by atoms with Crippen molar-refractivity contribution < 1.29 is 4.74 Å². The molecule has 2 heterocycles. The summed E-state index contributed by atoms with van der Waals surface area (Å²) in [5.41, 5.74) is 7.24. The van der Waals surface area contributed by atoms with Gasteiger partial charge in [-0.05, 0) is 60.0 Å². The Balaban J connectivity index is 1.68. The summed E-state index contributed by atoms with van der Waals surface area (Å²) in [4.78, 5) is 4.83. The van der Waals surface area contributed by atoms with E-state index in [9.17, 15) is 0 Å². The van der Waals surface area contributed by atoms with E-state index < -0.39 is 0 Å². The predicted octanol–water partition coefficient (Wildman–Crippen LogP) is 5.76. The van der Waals surface area contributed by atoms with Crippen LogP contribution in [0.25, 0.3) is 44.6 Å². The second kappa shape index (κ2) is 6.89. The summed E-state index contributed by atoms with van der Waals surface area (Å²) in [6.45, 7) is 2.06. The first-order chi connectivity index (χ1) is 14.5. The standard InChI is InChI=1S/C24H21ClN4O/c1-14-11-22(30-4)18(25)13-17(14)15-9-10-16-21(12-15)29(3)27-23(16)24-26-19-7-5-6-8-20(19)28(24)2/h5-13H,1-4H3. The van der Waals surface area contributed by atoms with Gasteiger partial charge in [-0.2, -0.15) is 5.10 Å². The van der Waals surface area contributed by atoms with Gasteiger partial charge in [0.25, 0.3) is 0 Å². The molecule has 5 aromatic rings. The lowest BCUT2D eigenvalue weighted by Crippen LogP contribution is -1.95. The molecule has 0 N–H and O–H groups in total. The maximum absolute atomic E-state index is 6.39. The number of para-hydroxylation sites is 2. The molecular weight excluding hydrogens is 396 g/mol. The van der Waals surface area contributed by atoms with Crippen LogP contribution in [0.5, 0.6) is 5.75 Å². The number of halogens is 1. The molecule has 0 aliphatic carbocycles. The number of imidazole rings is 1. The average molecular weight is 417 g/mol. The highest BCUT2D eigenvalue weighted by Gasteiger charge is 2.18. The molecule has 0 saturated heterocycles. The molecule has 3 aromatic carbocycles. The molecule has 0 spiro atoms. The van der Waals surface area contributed by atoms with Crippen LogP contribution in [-0.2, 0) is 14.1 Å². The summed E-state index contributed by atoms with van der Waals surface area (Å²) in [5, 5.41) is 6.47. The van der Waals surface area contributed by atoms with Crippen LogP contribution in [0.1, 0.15) is 5.56 Å². The number of nitrogens with zero attached hydrogens (tertiary/aromatic N) is 4. The first kappa shape index (κ1) is 18.7. The van der Waals surface area contributed by atoms with E-state index in [0.717, 1.165) is 50.1 Å². The Morgan fingerprint density at radius 2 is 1.77 bits per heavy atom. The number of rotatable bonds is 3. The lowest BCUT2D eigenvalue weighted by atomic mass is 9.99. The Labute approximate surface area is 179 Å². The van der Waals surface area contributed by atoms with Gasteiger partial charge in [0.15, 0.2) is 5.82 Å². The zero-order valence-corrected chi connectivity index (χ0v) is 18.0. The fourth-order valence-electron chi connectivity index (χ4n) is 4.07. The fraction of sp³-hybridized carbons (Fsp3) is 0.167. The zero-order chi connectivity index (χ0) is 21.0. The highest BCUT2D eigenvalue weighted by atomic mass is 35.5. The van der Waals surface area contributed by atoms with Gasteiger partial charge in [-0.15, -0.1) is 0 Å². The summed E-state index contributed by atoms with van der Waals surface area (Å²) >= 11 is 6.39. The molecule has 5 nitrogen and oxygen atoms in total. The van der Waals surface area contributed by atoms with E-state index in [4.69, 9.17) is 26.4 Å². The van der Waals surface area contributed by atoms with Gasteiger partial charge in [0, 0.05) is 19.5 Å². The van der Waals surface area contributed by atoms with Gasteiger partial charge in [-0.3, -0.25) is 4.68 Å². The van der Waals surface area contributed by atoms with Gasteiger partial charge >= 0.3 is 0 Å². The van der Waals surface area contributed by atoms with Crippen molar-refractivity contribution in [1.29, 1.82) is 0 Å². The van der Waals surface area contributed by atoms with Crippen LogP contribution in [0, 0.1) is 6.92 Å². The molecule has 2 aromatic heterocycles. The molecule has 0 aliphatic rings. The molecular formula is C24H21ClN4O. The van der Waals surface area contributed by atoms with Crippen LogP contribution in [-0.4, -0.2) is 26.4 Å². The Morgan fingerprint density at radius 1 is 0.967 bits per heavy atom. The molecule has 6 heteroatoms. The quantitative estimate of drug-likeness (QED) is 0.375. The maximum Gasteiger partial charge on any atom is 0.162 e. The maximum atomic E-state index is 6.39. The molecule has 0 atom stereocenters. The summed E-state index contributed by atoms with van der Waals surface area (Å²) in [6, 6.07) is 18.4. The highest BCUT2D eigenvalue weighted by Crippen LogP contribution is 2.36. The number of hydrogen-bond donors (Lipinski definition) is 0. The molecule has 0 saturated carbocycles. The number of aromatic nitrogens is 4. The largest absolute Gasteiger partial charge is 0.495 e. The van der Waals surface area contributed by atoms with Crippen molar-refractivity contribution in [2.45, 2.75) is 6.92 Å². The molecule has 0 aliphatic heterocycles. The average Bonchev–Trinajstić information content (AvgIpc) is 3.26. The van der Waals surface area contributed by atoms with Crippen LogP contribution in [0.3, 0.4) is 0 Å². The van der Waals surface area contributed by atoms with Gasteiger partial charge < -0.3 is 9.30 Å². The second-order valence-electron chi connectivity index (χ2n) is 7.49. The molecule has 5 rings (SSSR count). The van der Waals surface area contributed by atoms with E-state index in [1.807, 2.05) is 49.1 Å². The van der Waals surface area contributed by atoms with Gasteiger partial charge in [0.1, 0.15) is 11.4 Å². The second-order valence-corrected chi connectivity index (χ2v) is 7.90. The molecule has 0 unspecified atom stereocenters. The van der Waals surface area contributed by atoms with E-state index in [0.29, 0.717) is 10.8 Å². The molecule has 0 radical (unpaired) electrons. The Bertz CT molecular complexity index is 1430. The first-order valence-electron chi connectivity index (χ1n) is 9.71. The minimum absolute atomic E-state index is 0.601. The summed E-state index contributed by atoms with van der Waals surface area (Å²) < 4.78 is 9.35. The van der Waals surface area contributed by atoms with Crippen molar-refractivity contribution in [3.05, 3.63) is 65.2 Å². The Kier molecular flexibility index (Phi) is 4.29. The van der Waals surface area contributed by atoms with Gasteiger partial charge in [-0.25, -0.2) is 4.98 Å². The highest BCUT2D eigenvalue weighted by molar-refractivity contribution is 6.32. The van der Waals surface area contributed by atoms with E-state index in [-0.39, 0.29) is 0 Å². The van der Waals surface area contributed by atoms with Crippen molar-refractivity contribution in [3.63, 3.8) is 0 Å². The van der Waals surface area contributed by atoms with Crippen molar-refractivity contribution in [2.75, 3.05) is 7.11 Å². The minimum Gasteiger partial charge on any atom is -0.495 e. The van der Waals surface area contributed by atoms with Crippen LogP contribution in [0.15, 0.2) is 54.6 Å². The lowest BCUT2D eigenvalue weighted by Gasteiger charge is -2.11. The minimum atomic E-state index is 0.601. The number of aryl methyl sites for hydroxylation is 3. The van der Waals surface area contributed by atoms with Crippen LogP contribution < -0.4 is 4.74 Å². The number of fused-ring (bicyclic) bond motifs is 2. The summed E-state index contributed by atoms with van der Waals surface area (Å²) in [7, 11) is 5.62. The summed E-state index contributed by atoms with van der Waals surface area (Å²) in [6.07, 6.45) is 0. The fourth-order valence-corrected chi connectivity index (χ4v) is 4.31. The van der Waals surface area contributed by atoms with Crippen LogP contribution in [0.4, 0.5) is 0 Å². The predicted molar refractivity (Wildman–Crippen MR) is 122 cm³/mol. The number of methoxy groups -OCH3 is 1. The number of ether oxygens (including phenoxy) is 1. The van der Waals surface area contributed by atoms with E-state index >= 15 is 0 Å². The van der Waals surface area contributed by atoms with Crippen molar-refractivity contribution >= 4 is 33.5 Å². The van der Waals surface area contributed by atoms with E-state index in [1.165, 1.54) is 0 Å². The monoisotopic (exact) mass is 416 g/mol. The molecule has 150 valence electrons. The SMILES string of the molecule is COc1cc(C)c(-c2ccc3c(-c4nc5ccccc5n4C)nn(C)c3c2)cc1Cl. The smallest absolute Gasteiger partial charge is 0.162 e. The van der Waals surface area contributed by atoms with Gasteiger partial charge in [0.05, 0.1) is 28.7 Å². The molecule has 0 amide bonds. The third-order valence-electron chi connectivity index (χ3n) is 5.66. The van der Waals surface area contributed by atoms with Crippen LogP contribution in [0.2, 0.25) is 5.02 Å². The lowest BCUT2D eigenvalue weighted by molar-refractivity contribution is 0.415. The first-order valence-corrected chi connectivity index (χ1v) is 10.1. The van der Waals surface area contributed by atoms with E-state index in [1.54, 1.807) is 7.11 Å². The Morgan fingerprint density at radius 3 is 2.53 bits per heavy atom. The molecule has 0 fully saturated rings. The van der Waals surface area contributed by atoms with E-state index in [2.05, 4.69) is 35.8 Å². The molecule has 30 heavy (non-hydrogen) atoms. The van der Waals surface area contributed by atoms with Gasteiger partial charge in [-0.1, -0.05) is 29.8 Å².